The first-order valence-electron chi connectivity index (χ1n) is 14.1. The lowest BCUT2D eigenvalue weighted by atomic mass is 9.90. The number of hydrogen-bond donors (Lipinski definition) is 0. The molecule has 33 heavy (non-hydrogen) atoms. The van der Waals surface area contributed by atoms with Crippen LogP contribution in [0.25, 0.3) is 11.1 Å². The Kier molecular flexibility index (Phi) is 12.1. The summed E-state index contributed by atoms with van der Waals surface area (Å²) in [5, 5.41) is 0. The van der Waals surface area contributed by atoms with Gasteiger partial charge in [0.15, 0.2) is 0 Å². The smallest absolute Gasteiger partial charge is 0.0825 e. The molecule has 2 unspecified atom stereocenters. The highest BCUT2D eigenvalue weighted by Crippen LogP contribution is 2.33. The van der Waals surface area contributed by atoms with Crippen LogP contribution in [0.5, 0.6) is 0 Å². The van der Waals surface area contributed by atoms with E-state index in [-0.39, 0.29) is 6.10 Å². The molecule has 1 nitrogen and oxygen atoms in total. The highest BCUT2D eigenvalue weighted by Gasteiger charge is 2.22. The van der Waals surface area contributed by atoms with Crippen molar-refractivity contribution in [2.24, 2.45) is 5.92 Å². The summed E-state index contributed by atoms with van der Waals surface area (Å²) >= 11 is 0. The summed E-state index contributed by atoms with van der Waals surface area (Å²) in [4.78, 5) is 0. The van der Waals surface area contributed by atoms with Gasteiger partial charge in [0.05, 0.1) is 12.7 Å². The van der Waals surface area contributed by atoms with Crippen molar-refractivity contribution in [1.29, 1.82) is 0 Å². The van der Waals surface area contributed by atoms with E-state index >= 15 is 0 Å². The lowest BCUT2D eigenvalue weighted by Gasteiger charge is -2.29. The van der Waals surface area contributed by atoms with Crippen molar-refractivity contribution in [3.63, 3.8) is 0 Å². The lowest BCUT2D eigenvalue weighted by Crippen LogP contribution is -2.20. The Bertz CT molecular complexity index is 737. The van der Waals surface area contributed by atoms with E-state index in [2.05, 4.69) is 62.4 Å². The van der Waals surface area contributed by atoms with Gasteiger partial charge >= 0.3 is 0 Å². The molecule has 1 heteroatoms. The average Bonchev–Trinajstić information content (AvgIpc) is 2.87. The fourth-order valence-corrected chi connectivity index (χ4v) is 5.20. The molecular weight excluding hydrogens is 400 g/mol. The van der Waals surface area contributed by atoms with E-state index in [1.165, 1.54) is 119 Å². The van der Waals surface area contributed by atoms with Crippen molar-refractivity contribution >= 4 is 0 Å². The molecule has 0 bridgehead atoms. The molecule has 1 heterocycles. The number of aryl methyl sites for hydroxylation is 1. The van der Waals surface area contributed by atoms with Crippen molar-refractivity contribution in [1.82, 2.24) is 0 Å². The summed E-state index contributed by atoms with van der Waals surface area (Å²) in [7, 11) is 0. The molecule has 182 valence electrons. The van der Waals surface area contributed by atoms with Gasteiger partial charge in [0, 0.05) is 0 Å². The minimum absolute atomic E-state index is 0.287. The number of unbranched alkanes of at least 4 members (excludes halogenated alkanes) is 9. The van der Waals surface area contributed by atoms with Crippen LogP contribution in [-0.2, 0) is 11.2 Å². The number of rotatable bonds is 15. The van der Waals surface area contributed by atoms with Crippen molar-refractivity contribution < 1.29 is 4.74 Å². The molecule has 2 atom stereocenters. The van der Waals surface area contributed by atoms with Gasteiger partial charge in [-0.05, 0) is 60.3 Å². The van der Waals surface area contributed by atoms with Crippen LogP contribution in [0.3, 0.4) is 0 Å². The molecule has 0 N–H and O–H groups in total. The van der Waals surface area contributed by atoms with E-state index in [0.29, 0.717) is 0 Å². The van der Waals surface area contributed by atoms with E-state index in [1.54, 1.807) is 0 Å². The van der Waals surface area contributed by atoms with Crippen LogP contribution in [0.1, 0.15) is 121 Å². The van der Waals surface area contributed by atoms with E-state index in [0.717, 1.165) is 12.5 Å². The molecule has 1 aliphatic heterocycles. The van der Waals surface area contributed by atoms with Crippen LogP contribution in [0.15, 0.2) is 48.5 Å². The molecule has 1 saturated heterocycles. The Morgan fingerprint density at radius 1 is 0.636 bits per heavy atom. The topological polar surface area (TPSA) is 9.23 Å². The third kappa shape index (κ3) is 9.28. The Morgan fingerprint density at radius 3 is 1.82 bits per heavy atom. The number of ether oxygens (including phenoxy) is 1. The molecule has 0 radical (unpaired) electrons. The Labute approximate surface area is 204 Å². The second kappa shape index (κ2) is 15.3. The van der Waals surface area contributed by atoms with Crippen molar-refractivity contribution in [2.45, 2.75) is 116 Å². The highest BCUT2D eigenvalue weighted by atomic mass is 16.5. The maximum absolute atomic E-state index is 6.28. The van der Waals surface area contributed by atoms with Crippen LogP contribution in [0, 0.1) is 5.92 Å². The second-order valence-electron chi connectivity index (χ2n) is 10.3. The molecule has 2 aromatic rings. The minimum Gasteiger partial charge on any atom is -0.373 e. The first-order chi connectivity index (χ1) is 16.3. The SMILES string of the molecule is CCCCCCCCc1ccc(-c2ccc(C3CCC(CCCCCCC)CO3)cc2)cc1. The summed E-state index contributed by atoms with van der Waals surface area (Å²) < 4.78 is 6.28. The third-order valence-corrected chi connectivity index (χ3v) is 7.47. The molecular formula is C32H48O. The fourth-order valence-electron chi connectivity index (χ4n) is 5.20. The molecule has 0 aromatic heterocycles. The van der Waals surface area contributed by atoms with Gasteiger partial charge in [-0.2, -0.15) is 0 Å². The van der Waals surface area contributed by atoms with Gasteiger partial charge in [-0.1, -0.05) is 127 Å². The maximum atomic E-state index is 6.28. The Hall–Kier alpha value is -1.60. The average molecular weight is 449 g/mol. The monoisotopic (exact) mass is 448 g/mol. The summed E-state index contributed by atoms with van der Waals surface area (Å²) in [5.74, 6) is 0.775. The molecule has 0 spiro atoms. The van der Waals surface area contributed by atoms with Gasteiger partial charge in [0.1, 0.15) is 0 Å². The zero-order valence-corrected chi connectivity index (χ0v) is 21.5. The zero-order valence-electron chi connectivity index (χ0n) is 21.5. The van der Waals surface area contributed by atoms with E-state index < -0.39 is 0 Å². The molecule has 2 aromatic carbocycles. The van der Waals surface area contributed by atoms with Crippen molar-refractivity contribution in [3.8, 4) is 11.1 Å². The van der Waals surface area contributed by atoms with Gasteiger partial charge in [0.2, 0.25) is 0 Å². The van der Waals surface area contributed by atoms with Crippen molar-refractivity contribution in [3.05, 3.63) is 59.7 Å². The van der Waals surface area contributed by atoms with Crippen LogP contribution < -0.4 is 0 Å². The van der Waals surface area contributed by atoms with Crippen molar-refractivity contribution in [2.75, 3.05) is 6.61 Å². The zero-order chi connectivity index (χ0) is 23.1. The van der Waals surface area contributed by atoms with Gasteiger partial charge in [-0.25, -0.2) is 0 Å². The summed E-state index contributed by atoms with van der Waals surface area (Å²) in [6, 6.07) is 18.4. The van der Waals surface area contributed by atoms with Crippen LogP contribution in [-0.4, -0.2) is 6.61 Å². The minimum atomic E-state index is 0.287. The summed E-state index contributed by atoms with van der Waals surface area (Å²) in [5.41, 5.74) is 5.45. The first kappa shape index (κ1) is 26.0. The summed E-state index contributed by atoms with van der Waals surface area (Å²) in [6.07, 6.45) is 20.4. The molecule has 3 rings (SSSR count). The highest BCUT2D eigenvalue weighted by molar-refractivity contribution is 5.64. The van der Waals surface area contributed by atoms with Gasteiger partial charge in [-0.3, -0.25) is 0 Å². The van der Waals surface area contributed by atoms with Gasteiger partial charge < -0.3 is 4.74 Å². The predicted molar refractivity (Wildman–Crippen MR) is 144 cm³/mol. The lowest BCUT2D eigenvalue weighted by molar-refractivity contribution is -0.0198. The van der Waals surface area contributed by atoms with Gasteiger partial charge in [0.25, 0.3) is 0 Å². The molecule has 1 fully saturated rings. The molecule has 0 amide bonds. The van der Waals surface area contributed by atoms with Gasteiger partial charge in [-0.15, -0.1) is 0 Å². The largest absolute Gasteiger partial charge is 0.373 e. The first-order valence-corrected chi connectivity index (χ1v) is 14.1. The normalized spacial score (nSPS) is 18.5. The number of benzene rings is 2. The van der Waals surface area contributed by atoms with Crippen LogP contribution >= 0.6 is 0 Å². The molecule has 0 saturated carbocycles. The second-order valence-corrected chi connectivity index (χ2v) is 10.3. The van der Waals surface area contributed by atoms with Crippen LogP contribution in [0.4, 0.5) is 0 Å². The molecule has 1 aliphatic rings. The number of hydrogen-bond acceptors (Lipinski definition) is 1. The Balaban J connectivity index is 1.39. The third-order valence-electron chi connectivity index (χ3n) is 7.47. The maximum Gasteiger partial charge on any atom is 0.0825 e. The van der Waals surface area contributed by atoms with E-state index in [1.807, 2.05) is 0 Å². The molecule has 0 aliphatic carbocycles. The standard InChI is InChI=1S/C32H48O/c1-3-5-7-9-11-12-14-27-16-19-29(20-17-27)30-21-23-31(24-22-30)32-25-18-28(26-33-32)15-13-10-8-6-4-2/h16-17,19-24,28,32H,3-15,18,25-26H2,1-2H3. The summed E-state index contributed by atoms with van der Waals surface area (Å²) in [6.45, 7) is 5.51. The fraction of sp³-hybridized carbons (Fsp3) is 0.625. The van der Waals surface area contributed by atoms with E-state index in [4.69, 9.17) is 4.74 Å². The Morgan fingerprint density at radius 2 is 1.21 bits per heavy atom. The van der Waals surface area contributed by atoms with Crippen LogP contribution in [0.2, 0.25) is 0 Å². The predicted octanol–water partition coefficient (Wildman–Crippen LogP) is 10.1. The quantitative estimate of drug-likeness (QED) is 0.246. The van der Waals surface area contributed by atoms with E-state index in [9.17, 15) is 0 Å².